The van der Waals surface area contributed by atoms with E-state index in [0.29, 0.717) is 25.6 Å². The van der Waals surface area contributed by atoms with Gasteiger partial charge in [0.05, 0.1) is 45.2 Å². The summed E-state index contributed by atoms with van der Waals surface area (Å²) in [6.07, 6.45) is 4.21. The zero-order valence-electron chi connectivity index (χ0n) is 21.8. The minimum absolute atomic E-state index is 0.0336. The Morgan fingerprint density at radius 1 is 1.16 bits per heavy atom. The molecule has 6 rings (SSSR count). The van der Waals surface area contributed by atoms with Gasteiger partial charge in [0.25, 0.3) is 0 Å². The van der Waals surface area contributed by atoms with E-state index in [1.54, 1.807) is 0 Å². The average Bonchev–Trinajstić information content (AvgIpc) is 3.43. The molecule has 5 fully saturated rings. The maximum atomic E-state index is 14.3. The van der Waals surface area contributed by atoms with Crippen molar-refractivity contribution in [2.24, 2.45) is 35.0 Å². The van der Waals surface area contributed by atoms with Gasteiger partial charge in [0.2, 0.25) is 5.91 Å². The molecule has 10 heteroatoms. The zero-order chi connectivity index (χ0) is 25.8. The highest BCUT2D eigenvalue weighted by molar-refractivity contribution is 5.82. The number of amides is 1. The summed E-state index contributed by atoms with van der Waals surface area (Å²) in [6, 6.07) is 0.0336. The molecule has 3 saturated heterocycles. The van der Waals surface area contributed by atoms with Crippen molar-refractivity contribution in [1.29, 1.82) is 0 Å². The van der Waals surface area contributed by atoms with Crippen molar-refractivity contribution in [2.45, 2.75) is 69.8 Å². The number of fused-ring (bicyclic) bond motifs is 1. The number of alkyl halides is 3. The van der Waals surface area contributed by atoms with Gasteiger partial charge in [-0.15, -0.1) is 0 Å². The third-order valence-electron chi connectivity index (χ3n) is 10.5. The first kappa shape index (κ1) is 26.0. The molecule has 1 amide bonds. The second-order valence-corrected chi connectivity index (χ2v) is 12.5. The molecule has 208 valence electrons. The molecular weight excluding hydrogens is 485 g/mol. The van der Waals surface area contributed by atoms with Gasteiger partial charge in [-0.05, 0) is 75.3 Å². The highest BCUT2D eigenvalue weighted by Crippen LogP contribution is 2.54. The molecule has 7 atom stereocenters. The Bertz CT molecular complexity index is 895. The molecule has 0 aromatic heterocycles. The van der Waals surface area contributed by atoms with Crippen molar-refractivity contribution >= 4 is 5.91 Å². The molecule has 0 radical (unpaired) electrons. The third-order valence-corrected chi connectivity index (χ3v) is 10.5. The zero-order valence-corrected chi connectivity index (χ0v) is 21.8. The van der Waals surface area contributed by atoms with Crippen LogP contribution >= 0.6 is 0 Å². The minimum atomic E-state index is -4.29. The lowest BCUT2D eigenvalue weighted by Gasteiger charge is -2.52. The van der Waals surface area contributed by atoms with Crippen LogP contribution in [-0.4, -0.2) is 80.8 Å². The van der Waals surface area contributed by atoms with E-state index in [4.69, 9.17) is 9.47 Å². The maximum Gasteiger partial charge on any atom is 0.392 e. The summed E-state index contributed by atoms with van der Waals surface area (Å²) >= 11 is 0. The highest BCUT2D eigenvalue weighted by atomic mass is 19.4. The normalized spacial score (nSPS) is 40.9. The fraction of sp³-hybridized carbons (Fsp3) is 0.889. The van der Waals surface area contributed by atoms with Gasteiger partial charge in [0, 0.05) is 23.9 Å². The number of likely N-dealkylation sites (tertiary alicyclic amines) is 1. The Hall–Kier alpha value is -1.20. The number of halogens is 3. The van der Waals surface area contributed by atoms with Crippen molar-refractivity contribution in [2.75, 3.05) is 46.7 Å². The smallest absolute Gasteiger partial charge is 0.380 e. The first-order chi connectivity index (χ1) is 17.7. The molecule has 2 aliphatic carbocycles. The molecule has 4 aliphatic heterocycles. The molecule has 0 aromatic rings. The number of nitrogens with zero attached hydrogens (tertiary/aromatic N) is 2. The van der Waals surface area contributed by atoms with Gasteiger partial charge in [0.1, 0.15) is 0 Å². The lowest BCUT2D eigenvalue weighted by atomic mass is 9.64. The Labute approximate surface area is 217 Å². The average molecular weight is 527 g/mol. The topological polar surface area (TPSA) is 66.1 Å². The predicted octanol–water partition coefficient (Wildman–Crippen LogP) is 3.28. The summed E-state index contributed by atoms with van der Waals surface area (Å²) in [6.45, 7) is 3.53. The van der Waals surface area contributed by atoms with Crippen LogP contribution in [0, 0.1) is 35.0 Å². The number of carbonyl (C=O) groups is 1. The fourth-order valence-electron chi connectivity index (χ4n) is 8.27. The molecular formula is C27H41F3N4O3. The van der Waals surface area contributed by atoms with E-state index < -0.39 is 23.9 Å². The van der Waals surface area contributed by atoms with E-state index in [-0.39, 0.29) is 42.4 Å². The first-order valence-corrected chi connectivity index (χ1v) is 14.2. The molecule has 0 spiro atoms. The van der Waals surface area contributed by atoms with Gasteiger partial charge in [-0.1, -0.05) is 12.5 Å². The summed E-state index contributed by atoms with van der Waals surface area (Å²) in [5.74, 6) is -2.41. The molecule has 0 aromatic carbocycles. The van der Waals surface area contributed by atoms with Crippen LogP contribution in [-0.2, 0) is 14.3 Å². The molecule has 6 aliphatic rings. The van der Waals surface area contributed by atoms with E-state index in [1.807, 2.05) is 4.90 Å². The van der Waals surface area contributed by atoms with Gasteiger partial charge < -0.3 is 14.4 Å². The van der Waals surface area contributed by atoms with Crippen LogP contribution in [0.25, 0.3) is 0 Å². The van der Waals surface area contributed by atoms with E-state index in [9.17, 15) is 18.0 Å². The number of carbonyl (C=O) groups excluding carboxylic acids is 1. The highest BCUT2D eigenvalue weighted by Gasteiger charge is 2.58. The lowest BCUT2D eigenvalue weighted by Crippen LogP contribution is -2.56. The van der Waals surface area contributed by atoms with Crippen molar-refractivity contribution in [3.8, 4) is 0 Å². The number of hydrazine groups is 1. The molecule has 7 nitrogen and oxygen atoms in total. The summed E-state index contributed by atoms with van der Waals surface area (Å²) in [7, 11) is 2.10. The molecule has 2 N–H and O–H groups in total. The Kier molecular flexibility index (Phi) is 7.10. The quantitative estimate of drug-likeness (QED) is 0.536. The van der Waals surface area contributed by atoms with Gasteiger partial charge in [-0.25, -0.2) is 10.9 Å². The van der Waals surface area contributed by atoms with Crippen LogP contribution in [0.1, 0.15) is 51.4 Å². The maximum absolute atomic E-state index is 14.3. The van der Waals surface area contributed by atoms with Gasteiger partial charge in [-0.3, -0.25) is 9.69 Å². The number of rotatable bonds is 5. The number of nitrogens with one attached hydrogen (secondary N) is 2. The van der Waals surface area contributed by atoms with Crippen molar-refractivity contribution in [3.05, 3.63) is 11.6 Å². The van der Waals surface area contributed by atoms with Crippen LogP contribution < -0.4 is 10.9 Å². The minimum Gasteiger partial charge on any atom is -0.380 e. The van der Waals surface area contributed by atoms with Gasteiger partial charge in [-0.2, -0.15) is 13.2 Å². The van der Waals surface area contributed by atoms with Crippen molar-refractivity contribution in [1.82, 2.24) is 20.7 Å². The molecule has 2 saturated carbocycles. The summed E-state index contributed by atoms with van der Waals surface area (Å²) < 4.78 is 54.2. The molecule has 7 unspecified atom stereocenters. The van der Waals surface area contributed by atoms with E-state index in [0.717, 1.165) is 64.0 Å². The standard InChI is InChI=1S/C27H41F3N4O3/c1-33-16-31-32-24(33)11-26(14-37-15-26)19-5-2-6-20(10-19)34-12-22-21(25(34)35)8-18(9-23(22)27(28,29)30)17-4-3-7-36-13-17/h4,18-24,31-32H,2-3,5-16H2,1H3. The van der Waals surface area contributed by atoms with E-state index >= 15 is 0 Å². The van der Waals surface area contributed by atoms with Crippen LogP contribution in [0.2, 0.25) is 0 Å². The Morgan fingerprint density at radius 2 is 2.00 bits per heavy atom. The van der Waals surface area contributed by atoms with Crippen LogP contribution in [0.4, 0.5) is 13.2 Å². The monoisotopic (exact) mass is 526 g/mol. The van der Waals surface area contributed by atoms with Crippen LogP contribution in [0.5, 0.6) is 0 Å². The second kappa shape index (κ2) is 10.1. The molecule has 37 heavy (non-hydrogen) atoms. The summed E-state index contributed by atoms with van der Waals surface area (Å²) in [5.41, 5.74) is 7.60. The largest absolute Gasteiger partial charge is 0.392 e. The Balaban J connectivity index is 1.18. The number of hydrogen-bond acceptors (Lipinski definition) is 6. The van der Waals surface area contributed by atoms with Crippen molar-refractivity contribution in [3.63, 3.8) is 0 Å². The van der Waals surface area contributed by atoms with Crippen LogP contribution in [0.15, 0.2) is 11.6 Å². The molecule has 0 bridgehead atoms. The van der Waals surface area contributed by atoms with E-state index in [2.05, 4.69) is 28.9 Å². The SMILES string of the molecule is CN1CNNC1CC1(C2CCCC(N3CC4C(CC(C5=CCCOC5)CC4C(F)(F)F)C3=O)C2)COC1. The number of ether oxygens (including phenoxy) is 2. The summed E-state index contributed by atoms with van der Waals surface area (Å²) in [5, 5.41) is 0. The number of hydrogen-bond donors (Lipinski definition) is 2. The van der Waals surface area contributed by atoms with Gasteiger partial charge in [0.15, 0.2) is 0 Å². The lowest BCUT2D eigenvalue weighted by molar-refractivity contribution is -0.202. The molecule has 4 heterocycles. The third kappa shape index (κ3) is 4.86. The second-order valence-electron chi connectivity index (χ2n) is 12.5. The first-order valence-electron chi connectivity index (χ1n) is 14.2. The van der Waals surface area contributed by atoms with Gasteiger partial charge >= 0.3 is 6.18 Å². The van der Waals surface area contributed by atoms with Crippen molar-refractivity contribution < 1.29 is 27.4 Å². The Morgan fingerprint density at radius 3 is 2.65 bits per heavy atom. The van der Waals surface area contributed by atoms with E-state index in [1.165, 1.54) is 0 Å². The van der Waals surface area contributed by atoms with Crippen LogP contribution in [0.3, 0.4) is 0 Å². The predicted molar refractivity (Wildman–Crippen MR) is 131 cm³/mol. The fourth-order valence-corrected chi connectivity index (χ4v) is 8.27. The summed E-state index contributed by atoms with van der Waals surface area (Å²) in [4.78, 5) is 17.9.